The molecule has 2 aromatic heterocycles. The van der Waals surface area contributed by atoms with Crippen molar-refractivity contribution in [3.8, 4) is 17.4 Å². The quantitative estimate of drug-likeness (QED) is 0.447. The van der Waals surface area contributed by atoms with E-state index in [4.69, 9.17) is 20.1 Å². The summed E-state index contributed by atoms with van der Waals surface area (Å²) in [5.74, 6) is -1.92. The highest BCUT2D eigenvalue weighted by atomic mass is 19.4. The molecule has 0 aliphatic carbocycles. The van der Waals surface area contributed by atoms with Gasteiger partial charge in [-0.15, -0.1) is 0 Å². The van der Waals surface area contributed by atoms with E-state index < -0.39 is 12.1 Å². The molecule has 0 aliphatic rings. The van der Waals surface area contributed by atoms with E-state index in [1.54, 1.807) is 12.3 Å². The molecule has 0 aliphatic heterocycles. The van der Waals surface area contributed by atoms with Crippen molar-refractivity contribution in [1.29, 1.82) is 5.26 Å². The monoisotopic (exact) mass is 399 g/mol. The van der Waals surface area contributed by atoms with Crippen LogP contribution >= 0.6 is 0 Å². The number of halogens is 3. The average Bonchev–Trinajstić information content (AvgIpc) is 3.21. The molecular formula is C20H12F3N3O3. The van der Waals surface area contributed by atoms with Crippen molar-refractivity contribution in [3.63, 3.8) is 0 Å². The highest BCUT2D eigenvalue weighted by molar-refractivity contribution is 6.11. The van der Waals surface area contributed by atoms with E-state index in [1.807, 2.05) is 42.5 Å². The van der Waals surface area contributed by atoms with Crippen molar-refractivity contribution in [2.24, 2.45) is 0 Å². The summed E-state index contributed by atoms with van der Waals surface area (Å²) in [7, 11) is 0. The number of fused-ring (bicyclic) bond motifs is 3. The van der Waals surface area contributed by atoms with Crippen molar-refractivity contribution >= 4 is 33.5 Å². The van der Waals surface area contributed by atoms with Gasteiger partial charge in [-0.2, -0.15) is 18.4 Å². The minimum Gasteiger partial charge on any atom is -0.475 e. The number of hydrogen-bond donors (Lipinski definition) is 2. The maximum Gasteiger partial charge on any atom is 0.490 e. The van der Waals surface area contributed by atoms with Crippen LogP contribution in [0.25, 0.3) is 33.0 Å². The predicted octanol–water partition coefficient (Wildman–Crippen LogP) is 4.74. The summed E-state index contributed by atoms with van der Waals surface area (Å²) in [5, 5.41) is 19.5. The second-order valence-electron chi connectivity index (χ2n) is 5.82. The topological polar surface area (TPSA) is 113 Å². The molecule has 0 atom stereocenters. The number of rotatable bonds is 1. The molecule has 6 nitrogen and oxygen atoms in total. The van der Waals surface area contributed by atoms with Gasteiger partial charge in [0.2, 0.25) is 0 Å². The third-order valence-corrected chi connectivity index (χ3v) is 4.03. The number of nitrogens with two attached hydrogens (primary N) is 1. The molecule has 146 valence electrons. The fourth-order valence-corrected chi connectivity index (χ4v) is 2.81. The molecule has 0 saturated heterocycles. The van der Waals surface area contributed by atoms with Crippen LogP contribution in [0, 0.1) is 11.3 Å². The summed E-state index contributed by atoms with van der Waals surface area (Å²) < 4.78 is 37.2. The number of benzene rings is 2. The SMILES string of the molecule is N#Cc1c(N)nc2c(ccc3ccccc32)c1-c1ccco1.O=C(O)C(F)(F)F. The van der Waals surface area contributed by atoms with Crippen LogP contribution in [0.3, 0.4) is 0 Å². The maximum atomic E-state index is 10.6. The molecule has 0 radical (unpaired) electrons. The number of aliphatic carboxylic acids is 1. The van der Waals surface area contributed by atoms with E-state index >= 15 is 0 Å². The van der Waals surface area contributed by atoms with Gasteiger partial charge in [0.25, 0.3) is 0 Å². The molecule has 2 heterocycles. The van der Waals surface area contributed by atoms with Gasteiger partial charge in [-0.25, -0.2) is 9.78 Å². The van der Waals surface area contributed by atoms with Gasteiger partial charge in [0.15, 0.2) is 0 Å². The second-order valence-corrected chi connectivity index (χ2v) is 5.82. The fraction of sp³-hybridized carbons (Fsp3) is 0.0500. The Morgan fingerprint density at radius 2 is 1.79 bits per heavy atom. The zero-order valence-electron chi connectivity index (χ0n) is 14.6. The van der Waals surface area contributed by atoms with Crippen LogP contribution in [-0.4, -0.2) is 22.2 Å². The van der Waals surface area contributed by atoms with E-state index in [1.165, 1.54) is 0 Å². The molecule has 2 aromatic carbocycles. The number of pyridine rings is 1. The van der Waals surface area contributed by atoms with Gasteiger partial charge in [-0.1, -0.05) is 36.4 Å². The van der Waals surface area contributed by atoms with Gasteiger partial charge in [-0.3, -0.25) is 0 Å². The maximum absolute atomic E-state index is 10.6. The highest BCUT2D eigenvalue weighted by Crippen LogP contribution is 2.36. The van der Waals surface area contributed by atoms with Crippen molar-refractivity contribution in [2.45, 2.75) is 6.18 Å². The number of nitriles is 1. The molecule has 4 aromatic rings. The summed E-state index contributed by atoms with van der Waals surface area (Å²) in [6.07, 6.45) is -3.50. The minimum absolute atomic E-state index is 0.220. The molecule has 0 spiro atoms. The first-order valence-corrected chi connectivity index (χ1v) is 8.09. The second kappa shape index (κ2) is 7.52. The minimum atomic E-state index is -5.08. The zero-order valence-corrected chi connectivity index (χ0v) is 14.6. The highest BCUT2D eigenvalue weighted by Gasteiger charge is 2.38. The molecule has 0 fully saturated rings. The van der Waals surface area contributed by atoms with Crippen LogP contribution in [0.15, 0.2) is 59.2 Å². The van der Waals surface area contributed by atoms with Crippen LogP contribution in [0.2, 0.25) is 0 Å². The van der Waals surface area contributed by atoms with Crippen LogP contribution in [0.4, 0.5) is 19.0 Å². The number of nitrogens with zero attached hydrogens (tertiary/aromatic N) is 2. The van der Waals surface area contributed by atoms with Crippen LogP contribution in [0.5, 0.6) is 0 Å². The average molecular weight is 399 g/mol. The Morgan fingerprint density at radius 3 is 2.38 bits per heavy atom. The number of alkyl halides is 3. The largest absolute Gasteiger partial charge is 0.490 e. The lowest BCUT2D eigenvalue weighted by molar-refractivity contribution is -0.192. The Labute approximate surface area is 161 Å². The first kappa shape index (κ1) is 19.7. The Hall–Kier alpha value is -4.06. The van der Waals surface area contributed by atoms with Gasteiger partial charge in [0.1, 0.15) is 23.2 Å². The smallest absolute Gasteiger partial charge is 0.475 e. The number of anilines is 1. The third-order valence-electron chi connectivity index (χ3n) is 4.03. The van der Waals surface area contributed by atoms with E-state index in [9.17, 15) is 18.4 Å². The molecule has 0 saturated carbocycles. The standard InChI is InChI=1S/C18H11N3O.C2HF3O2/c19-10-14-16(15-6-3-9-22-15)13-8-7-11-4-1-2-5-12(11)17(13)21-18(14)20;3-2(4,5)1(6)7/h1-9H,(H2,20,21);(H,6,7). The normalized spacial score (nSPS) is 11.0. The molecule has 0 unspecified atom stereocenters. The number of nitrogen functional groups attached to an aromatic ring is 1. The van der Waals surface area contributed by atoms with Gasteiger partial charge >= 0.3 is 12.1 Å². The molecule has 0 bridgehead atoms. The first-order valence-electron chi connectivity index (χ1n) is 8.09. The van der Waals surface area contributed by atoms with Gasteiger partial charge in [0.05, 0.1) is 11.8 Å². The van der Waals surface area contributed by atoms with E-state index in [0.29, 0.717) is 16.9 Å². The van der Waals surface area contributed by atoms with Crippen molar-refractivity contribution in [3.05, 3.63) is 60.4 Å². The number of carbonyl (C=O) groups is 1. The Morgan fingerprint density at radius 1 is 1.10 bits per heavy atom. The fourth-order valence-electron chi connectivity index (χ4n) is 2.81. The van der Waals surface area contributed by atoms with Crippen molar-refractivity contribution in [1.82, 2.24) is 4.98 Å². The molecule has 9 heteroatoms. The summed E-state index contributed by atoms with van der Waals surface area (Å²) in [6.45, 7) is 0. The van der Waals surface area contributed by atoms with Crippen molar-refractivity contribution < 1.29 is 27.5 Å². The number of carboxylic acid groups (broad SMARTS) is 1. The van der Waals surface area contributed by atoms with Crippen LogP contribution in [-0.2, 0) is 4.79 Å². The summed E-state index contributed by atoms with van der Waals surface area (Å²) in [4.78, 5) is 13.4. The molecule has 3 N–H and O–H groups in total. The third kappa shape index (κ3) is 3.82. The lowest BCUT2D eigenvalue weighted by Crippen LogP contribution is -2.21. The molecule has 4 rings (SSSR count). The predicted molar refractivity (Wildman–Crippen MR) is 99.8 cm³/mol. The van der Waals surface area contributed by atoms with Crippen LogP contribution in [0.1, 0.15) is 5.56 Å². The van der Waals surface area contributed by atoms with Gasteiger partial charge in [-0.05, 0) is 17.5 Å². The molecule has 29 heavy (non-hydrogen) atoms. The van der Waals surface area contributed by atoms with E-state index in [-0.39, 0.29) is 5.82 Å². The number of aromatic nitrogens is 1. The summed E-state index contributed by atoms with van der Waals surface area (Å²) in [6, 6.07) is 17.7. The first-order chi connectivity index (χ1) is 13.7. The molecule has 0 amide bonds. The van der Waals surface area contributed by atoms with E-state index in [2.05, 4.69) is 11.1 Å². The van der Waals surface area contributed by atoms with Crippen molar-refractivity contribution in [2.75, 3.05) is 5.73 Å². The summed E-state index contributed by atoms with van der Waals surface area (Å²) >= 11 is 0. The Kier molecular flexibility index (Phi) is 5.10. The number of carboxylic acids is 1. The Bertz CT molecular complexity index is 1240. The van der Waals surface area contributed by atoms with E-state index in [0.717, 1.165) is 21.7 Å². The summed E-state index contributed by atoms with van der Waals surface area (Å²) in [5.41, 5.74) is 7.84. The zero-order chi connectivity index (χ0) is 21.2. The number of furan rings is 1. The van der Waals surface area contributed by atoms with Gasteiger partial charge < -0.3 is 15.3 Å². The lowest BCUT2D eigenvalue weighted by Gasteiger charge is -2.10. The van der Waals surface area contributed by atoms with Gasteiger partial charge in [0, 0.05) is 16.3 Å². The lowest BCUT2D eigenvalue weighted by atomic mass is 9.97. The number of hydrogen-bond acceptors (Lipinski definition) is 5. The Balaban J connectivity index is 0.000000298. The molecular weight excluding hydrogens is 387 g/mol. The van der Waals surface area contributed by atoms with Crippen LogP contribution < -0.4 is 5.73 Å².